The molecule has 11 aromatic rings. The molecule has 0 amide bonds. The van der Waals surface area contributed by atoms with Crippen molar-refractivity contribution < 1.29 is 4.42 Å². The van der Waals surface area contributed by atoms with Gasteiger partial charge >= 0.3 is 0 Å². The molecule has 244 valence electrons. The summed E-state index contributed by atoms with van der Waals surface area (Å²) in [5, 5.41) is 7.17. The second kappa shape index (κ2) is 11.5. The average Bonchev–Trinajstić information content (AvgIpc) is 3.89. The number of furan rings is 1. The van der Waals surface area contributed by atoms with Crippen LogP contribution in [-0.4, -0.2) is 4.57 Å². The van der Waals surface area contributed by atoms with Crippen molar-refractivity contribution >= 4 is 92.3 Å². The molecule has 3 nitrogen and oxygen atoms in total. The van der Waals surface area contributed by atoms with Crippen LogP contribution in [0, 0.1) is 0 Å². The van der Waals surface area contributed by atoms with Crippen molar-refractivity contribution in [2.24, 2.45) is 0 Å². The third-order valence-corrected chi connectivity index (χ3v) is 11.5. The Labute approximate surface area is 303 Å². The number of anilines is 3. The Bertz CT molecular complexity index is 3150. The number of hydrogen-bond acceptors (Lipinski definition) is 3. The molecule has 0 atom stereocenters. The van der Waals surface area contributed by atoms with Gasteiger partial charge < -0.3 is 13.9 Å². The van der Waals surface area contributed by atoms with Crippen molar-refractivity contribution in [3.8, 4) is 16.8 Å². The maximum Gasteiger partial charge on any atom is 0.159 e. The van der Waals surface area contributed by atoms with Crippen LogP contribution in [-0.2, 0) is 0 Å². The van der Waals surface area contributed by atoms with E-state index in [0.717, 1.165) is 55.8 Å². The van der Waals surface area contributed by atoms with E-state index < -0.39 is 0 Å². The van der Waals surface area contributed by atoms with E-state index in [-0.39, 0.29) is 0 Å². The van der Waals surface area contributed by atoms with Gasteiger partial charge in [0.1, 0.15) is 5.58 Å². The number of aromatic nitrogens is 1. The molecule has 3 heterocycles. The molecule has 0 radical (unpaired) electrons. The van der Waals surface area contributed by atoms with Crippen molar-refractivity contribution in [2.75, 3.05) is 4.90 Å². The van der Waals surface area contributed by atoms with Crippen molar-refractivity contribution in [3.05, 3.63) is 182 Å². The lowest BCUT2D eigenvalue weighted by atomic mass is 9.99. The lowest BCUT2D eigenvalue weighted by molar-refractivity contribution is 0.669. The summed E-state index contributed by atoms with van der Waals surface area (Å²) in [5.41, 5.74) is 10.7. The predicted molar refractivity (Wildman–Crippen MR) is 221 cm³/mol. The summed E-state index contributed by atoms with van der Waals surface area (Å²) < 4.78 is 11.8. The van der Waals surface area contributed by atoms with Crippen molar-refractivity contribution in [1.29, 1.82) is 0 Å². The number of nitrogens with zero attached hydrogens (tertiary/aromatic N) is 2. The summed E-state index contributed by atoms with van der Waals surface area (Å²) in [5.74, 6) is 0. The highest BCUT2D eigenvalue weighted by atomic mass is 32.1. The molecule has 0 bridgehead atoms. The average molecular weight is 683 g/mol. The molecule has 0 aliphatic carbocycles. The van der Waals surface area contributed by atoms with Gasteiger partial charge in [0, 0.05) is 53.0 Å². The van der Waals surface area contributed by atoms with Gasteiger partial charge in [0.05, 0.1) is 28.1 Å². The first-order valence-corrected chi connectivity index (χ1v) is 18.4. The van der Waals surface area contributed by atoms with E-state index in [1.807, 2.05) is 17.4 Å². The van der Waals surface area contributed by atoms with E-state index in [1.165, 1.54) is 42.0 Å². The van der Waals surface area contributed by atoms with Gasteiger partial charge in [0.15, 0.2) is 5.58 Å². The quantitative estimate of drug-likeness (QED) is 0.180. The Kier molecular flexibility index (Phi) is 6.42. The second-order valence-electron chi connectivity index (χ2n) is 13.3. The summed E-state index contributed by atoms with van der Waals surface area (Å²) in [7, 11) is 0. The Balaban J connectivity index is 1.25. The van der Waals surface area contributed by atoms with E-state index in [2.05, 4.69) is 185 Å². The number of para-hydroxylation sites is 5. The monoisotopic (exact) mass is 682 g/mol. The van der Waals surface area contributed by atoms with Crippen molar-refractivity contribution in [3.63, 3.8) is 0 Å². The molecular formula is C48H30N2OS. The molecule has 4 heteroatoms. The normalized spacial score (nSPS) is 11.8. The lowest BCUT2D eigenvalue weighted by Crippen LogP contribution is -2.12. The highest BCUT2D eigenvalue weighted by molar-refractivity contribution is 7.25. The van der Waals surface area contributed by atoms with E-state index >= 15 is 0 Å². The minimum absolute atomic E-state index is 0.863. The summed E-state index contributed by atoms with van der Waals surface area (Å²) in [6.07, 6.45) is 0. The van der Waals surface area contributed by atoms with E-state index in [4.69, 9.17) is 4.42 Å². The fourth-order valence-corrected chi connectivity index (χ4v) is 9.23. The highest BCUT2D eigenvalue weighted by Crippen LogP contribution is 2.49. The van der Waals surface area contributed by atoms with Crippen molar-refractivity contribution in [2.45, 2.75) is 0 Å². The van der Waals surface area contributed by atoms with Gasteiger partial charge in [-0.2, -0.15) is 0 Å². The number of hydrogen-bond donors (Lipinski definition) is 0. The fourth-order valence-electron chi connectivity index (χ4n) is 8.15. The molecule has 0 spiro atoms. The molecule has 0 fully saturated rings. The van der Waals surface area contributed by atoms with E-state index in [9.17, 15) is 0 Å². The standard InChI is InChI=1S/C48H30N2OS/c1-2-14-32(15-3-1)49-40-22-9-5-19-37(40)47-41(49)23-13-24-42(47)50(43-25-12-20-36-34-17-6-10-26-44(34)51-48(36)43)39-21-8-4-16-33(39)31-28-29-46-38(30-31)35-18-7-11-27-45(35)52-46/h1-30H. The van der Waals surface area contributed by atoms with Crippen LogP contribution in [0.25, 0.3) is 80.7 Å². The first-order chi connectivity index (χ1) is 25.8. The SMILES string of the molecule is c1ccc(-n2c3ccccc3c3c(N(c4ccccc4-c4ccc5sc6ccccc6c5c4)c4cccc5c4oc4ccccc45)cccc32)cc1. The van der Waals surface area contributed by atoms with Crippen LogP contribution in [0.15, 0.2) is 186 Å². The number of benzene rings is 8. The van der Waals surface area contributed by atoms with Crippen LogP contribution in [0.5, 0.6) is 0 Å². The first kappa shape index (κ1) is 29.1. The number of rotatable bonds is 5. The third kappa shape index (κ3) is 4.31. The zero-order valence-corrected chi connectivity index (χ0v) is 28.8. The first-order valence-electron chi connectivity index (χ1n) is 17.6. The third-order valence-electron chi connectivity index (χ3n) is 10.4. The maximum atomic E-state index is 6.78. The van der Waals surface area contributed by atoms with Gasteiger partial charge in [0.2, 0.25) is 0 Å². The summed E-state index contributed by atoms with van der Waals surface area (Å²) in [4.78, 5) is 2.43. The van der Waals surface area contributed by atoms with E-state index in [0.29, 0.717) is 0 Å². The van der Waals surface area contributed by atoms with Gasteiger partial charge in [-0.3, -0.25) is 0 Å². The Morgan fingerprint density at radius 1 is 0.442 bits per heavy atom. The predicted octanol–water partition coefficient (Wildman–Crippen LogP) is 14.2. The number of fused-ring (bicyclic) bond motifs is 9. The Morgan fingerprint density at radius 2 is 1.10 bits per heavy atom. The summed E-state index contributed by atoms with van der Waals surface area (Å²) in [6, 6.07) is 65.4. The molecule has 3 aromatic heterocycles. The highest BCUT2D eigenvalue weighted by Gasteiger charge is 2.26. The molecule has 0 aliphatic heterocycles. The van der Waals surface area contributed by atoms with Crippen LogP contribution < -0.4 is 4.90 Å². The van der Waals surface area contributed by atoms with Crippen LogP contribution in [0.4, 0.5) is 17.1 Å². The van der Waals surface area contributed by atoms with Crippen LogP contribution >= 0.6 is 11.3 Å². The zero-order valence-electron chi connectivity index (χ0n) is 28.0. The Hall–Kier alpha value is -6.62. The van der Waals surface area contributed by atoms with Gasteiger partial charge in [-0.05, 0) is 72.3 Å². The molecule has 0 saturated carbocycles. The zero-order chi connectivity index (χ0) is 34.2. The smallest absolute Gasteiger partial charge is 0.159 e. The molecule has 0 N–H and O–H groups in total. The topological polar surface area (TPSA) is 21.3 Å². The Morgan fingerprint density at radius 3 is 2.02 bits per heavy atom. The fraction of sp³-hybridized carbons (Fsp3) is 0. The second-order valence-corrected chi connectivity index (χ2v) is 14.4. The minimum atomic E-state index is 0.863. The maximum absolute atomic E-state index is 6.78. The largest absolute Gasteiger partial charge is 0.454 e. The summed E-state index contributed by atoms with van der Waals surface area (Å²) in [6.45, 7) is 0. The van der Waals surface area contributed by atoms with Crippen LogP contribution in [0.2, 0.25) is 0 Å². The molecule has 8 aromatic carbocycles. The molecule has 52 heavy (non-hydrogen) atoms. The van der Waals surface area contributed by atoms with Gasteiger partial charge in [0.25, 0.3) is 0 Å². The molecule has 11 rings (SSSR count). The van der Waals surface area contributed by atoms with Gasteiger partial charge in [-0.1, -0.05) is 115 Å². The lowest BCUT2D eigenvalue weighted by Gasteiger charge is -2.28. The van der Waals surface area contributed by atoms with Crippen LogP contribution in [0.3, 0.4) is 0 Å². The van der Waals surface area contributed by atoms with Gasteiger partial charge in [-0.25, -0.2) is 0 Å². The molecule has 0 saturated heterocycles. The molecular weight excluding hydrogens is 653 g/mol. The number of thiophene rings is 1. The van der Waals surface area contributed by atoms with Crippen LogP contribution in [0.1, 0.15) is 0 Å². The van der Waals surface area contributed by atoms with E-state index in [1.54, 1.807) is 0 Å². The van der Waals surface area contributed by atoms with Crippen molar-refractivity contribution in [1.82, 2.24) is 4.57 Å². The van der Waals surface area contributed by atoms with Gasteiger partial charge in [-0.15, -0.1) is 11.3 Å². The minimum Gasteiger partial charge on any atom is -0.454 e. The molecule has 0 unspecified atom stereocenters. The molecule has 0 aliphatic rings. The summed E-state index contributed by atoms with van der Waals surface area (Å²) >= 11 is 1.85.